The molecule has 0 unspecified atom stereocenters. The van der Waals surface area contributed by atoms with Gasteiger partial charge in [-0.2, -0.15) is 0 Å². The Morgan fingerprint density at radius 2 is 1.52 bits per heavy atom. The summed E-state index contributed by atoms with van der Waals surface area (Å²) < 4.78 is 5.80. The van der Waals surface area contributed by atoms with Crippen molar-refractivity contribution in [3.63, 3.8) is 0 Å². The molecule has 1 aromatic heterocycles. The van der Waals surface area contributed by atoms with Gasteiger partial charge < -0.3 is 20.3 Å². The number of nitrogens with zero attached hydrogens (tertiary/aromatic N) is 3. The van der Waals surface area contributed by atoms with Crippen LogP contribution in [-0.2, 0) is 6.54 Å². The molecule has 2 N–H and O–H groups in total. The third-order valence-electron chi connectivity index (χ3n) is 6.41. The number of ether oxygens (including phenoxy) is 1. The summed E-state index contributed by atoms with van der Waals surface area (Å²) in [4.78, 5) is 33.6. The fourth-order valence-corrected chi connectivity index (χ4v) is 4.53. The molecule has 204 valence electrons. The maximum absolute atomic E-state index is 12.8. The van der Waals surface area contributed by atoms with Gasteiger partial charge in [0.25, 0.3) is 5.91 Å². The van der Waals surface area contributed by atoms with Gasteiger partial charge in [-0.15, -0.1) is 0 Å². The molecule has 3 aromatic carbocycles. The molecule has 0 aliphatic carbocycles. The molecule has 1 saturated heterocycles. The molecule has 0 saturated carbocycles. The first-order valence-electron chi connectivity index (χ1n) is 12.8. The van der Waals surface area contributed by atoms with Gasteiger partial charge >= 0.3 is 6.03 Å². The van der Waals surface area contributed by atoms with Crippen molar-refractivity contribution in [1.82, 2.24) is 14.8 Å². The van der Waals surface area contributed by atoms with Crippen molar-refractivity contribution in [2.75, 3.05) is 36.8 Å². The van der Waals surface area contributed by atoms with Crippen molar-refractivity contribution < 1.29 is 14.3 Å². The van der Waals surface area contributed by atoms with Crippen LogP contribution in [0.2, 0.25) is 10.0 Å². The largest absolute Gasteiger partial charge is 0.439 e. The quantitative estimate of drug-likeness (QED) is 0.253. The first-order valence-corrected chi connectivity index (χ1v) is 13.5. The van der Waals surface area contributed by atoms with Gasteiger partial charge in [0.2, 0.25) is 5.88 Å². The number of aromatic nitrogens is 1. The molecule has 10 heteroatoms. The fraction of sp³-hybridized carbons (Fsp3) is 0.167. The summed E-state index contributed by atoms with van der Waals surface area (Å²) in [7, 11) is 0. The molecule has 1 aliphatic rings. The second-order valence-electron chi connectivity index (χ2n) is 9.27. The minimum Gasteiger partial charge on any atom is -0.439 e. The van der Waals surface area contributed by atoms with Gasteiger partial charge in [0.1, 0.15) is 5.75 Å². The summed E-state index contributed by atoms with van der Waals surface area (Å²) in [6, 6.07) is 25.3. The van der Waals surface area contributed by atoms with Crippen LogP contribution >= 0.6 is 23.2 Å². The predicted molar refractivity (Wildman–Crippen MR) is 157 cm³/mol. The van der Waals surface area contributed by atoms with E-state index in [1.54, 1.807) is 48.5 Å². The van der Waals surface area contributed by atoms with Gasteiger partial charge in [0.05, 0.1) is 21.9 Å². The summed E-state index contributed by atoms with van der Waals surface area (Å²) >= 11 is 11.9. The van der Waals surface area contributed by atoms with Gasteiger partial charge in [-0.25, -0.2) is 9.78 Å². The standard InChI is InChI=1S/C30H27Cl2N5O3/c31-26-12-6-22(18-27(26)32)29(38)34-24-9-13-28(33-19-24)40-25-10-7-23(8-11-25)35-30(39)37-16-14-36(15-17-37)20-21-4-2-1-3-5-21/h1-13,18-19H,14-17,20H2,(H,34,38)(H,35,39). The van der Waals surface area contributed by atoms with Crippen molar-refractivity contribution >= 4 is 46.5 Å². The minimum atomic E-state index is -0.333. The molecule has 40 heavy (non-hydrogen) atoms. The van der Waals surface area contributed by atoms with Gasteiger partial charge in [0, 0.05) is 50.0 Å². The zero-order valence-electron chi connectivity index (χ0n) is 21.5. The zero-order valence-corrected chi connectivity index (χ0v) is 23.0. The third-order valence-corrected chi connectivity index (χ3v) is 7.15. The van der Waals surface area contributed by atoms with Crippen LogP contribution in [0.15, 0.2) is 91.1 Å². The Kier molecular flexibility index (Phi) is 8.81. The van der Waals surface area contributed by atoms with Crippen LogP contribution in [0, 0.1) is 0 Å². The van der Waals surface area contributed by atoms with Crippen molar-refractivity contribution in [2.45, 2.75) is 6.54 Å². The minimum absolute atomic E-state index is 0.117. The Morgan fingerprint density at radius 3 is 2.20 bits per heavy atom. The number of carbonyl (C=O) groups excluding carboxylic acids is 2. The highest BCUT2D eigenvalue weighted by atomic mass is 35.5. The second-order valence-corrected chi connectivity index (χ2v) is 10.1. The number of amides is 3. The smallest absolute Gasteiger partial charge is 0.321 e. The summed E-state index contributed by atoms with van der Waals surface area (Å²) in [5.74, 6) is 0.589. The number of halogens is 2. The lowest BCUT2D eigenvalue weighted by Gasteiger charge is -2.34. The van der Waals surface area contributed by atoms with E-state index in [4.69, 9.17) is 27.9 Å². The summed E-state index contributed by atoms with van der Waals surface area (Å²) in [6.07, 6.45) is 1.50. The average Bonchev–Trinajstić information content (AvgIpc) is 2.97. The second kappa shape index (κ2) is 12.8. The fourth-order valence-electron chi connectivity index (χ4n) is 4.24. The number of pyridine rings is 1. The van der Waals surface area contributed by atoms with Crippen molar-refractivity contribution in [2.24, 2.45) is 0 Å². The van der Waals surface area contributed by atoms with Crippen molar-refractivity contribution in [3.05, 3.63) is 112 Å². The first-order chi connectivity index (χ1) is 19.4. The lowest BCUT2D eigenvalue weighted by molar-refractivity contribution is 0.102. The van der Waals surface area contributed by atoms with Crippen LogP contribution < -0.4 is 15.4 Å². The number of hydrogen-bond donors (Lipinski definition) is 2. The van der Waals surface area contributed by atoms with Crippen LogP contribution in [0.1, 0.15) is 15.9 Å². The average molecular weight is 576 g/mol. The molecule has 0 atom stereocenters. The van der Waals surface area contributed by atoms with Crippen molar-refractivity contribution in [1.29, 1.82) is 0 Å². The zero-order chi connectivity index (χ0) is 27.9. The molecule has 0 bridgehead atoms. The molecular formula is C30H27Cl2N5O3. The SMILES string of the molecule is O=C(Nc1ccc(Oc2ccc(NC(=O)N3CCN(Cc4ccccc4)CC3)cc2)nc1)c1ccc(Cl)c(Cl)c1. The maximum Gasteiger partial charge on any atom is 0.321 e. The van der Waals surface area contributed by atoms with E-state index in [-0.39, 0.29) is 11.9 Å². The maximum atomic E-state index is 12.8. The number of hydrogen-bond acceptors (Lipinski definition) is 5. The highest BCUT2D eigenvalue weighted by molar-refractivity contribution is 6.42. The molecule has 1 aliphatic heterocycles. The third kappa shape index (κ3) is 7.30. The number of carbonyl (C=O) groups is 2. The monoisotopic (exact) mass is 575 g/mol. The number of piperazine rings is 1. The Morgan fingerprint density at radius 1 is 0.800 bits per heavy atom. The normalized spacial score (nSPS) is 13.5. The summed E-state index contributed by atoms with van der Waals surface area (Å²) in [6.45, 7) is 3.91. The lowest BCUT2D eigenvalue weighted by atomic mass is 10.2. The van der Waals surface area contributed by atoms with E-state index in [0.29, 0.717) is 51.7 Å². The van der Waals surface area contributed by atoms with Gasteiger partial charge in [-0.05, 0) is 54.1 Å². The van der Waals surface area contributed by atoms with E-state index in [0.717, 1.165) is 19.6 Å². The first kappa shape index (κ1) is 27.5. The van der Waals surface area contributed by atoms with E-state index in [1.165, 1.54) is 17.8 Å². The topological polar surface area (TPSA) is 86.8 Å². The van der Waals surface area contributed by atoms with Crippen LogP contribution in [0.25, 0.3) is 0 Å². The molecular weight excluding hydrogens is 549 g/mol. The van der Waals surface area contributed by atoms with Crippen LogP contribution in [0.4, 0.5) is 16.2 Å². The molecule has 8 nitrogen and oxygen atoms in total. The van der Waals surface area contributed by atoms with Gasteiger partial charge in [-0.3, -0.25) is 9.69 Å². The molecule has 4 aromatic rings. The summed E-state index contributed by atoms with van der Waals surface area (Å²) in [5, 5.41) is 6.39. The Bertz CT molecular complexity index is 1460. The Labute approximate surface area is 242 Å². The van der Waals surface area contributed by atoms with E-state index in [2.05, 4.69) is 32.7 Å². The molecule has 2 heterocycles. The van der Waals surface area contributed by atoms with E-state index in [1.807, 2.05) is 23.1 Å². The van der Waals surface area contributed by atoms with Crippen LogP contribution in [0.5, 0.6) is 11.6 Å². The summed E-state index contributed by atoms with van der Waals surface area (Å²) in [5.41, 5.74) is 2.84. The van der Waals surface area contributed by atoms with E-state index in [9.17, 15) is 9.59 Å². The molecule has 5 rings (SSSR count). The number of nitrogens with one attached hydrogen (secondary N) is 2. The highest BCUT2D eigenvalue weighted by Crippen LogP contribution is 2.25. The number of anilines is 2. The van der Waals surface area contributed by atoms with Crippen molar-refractivity contribution in [3.8, 4) is 11.6 Å². The van der Waals surface area contributed by atoms with E-state index < -0.39 is 0 Å². The predicted octanol–water partition coefficient (Wildman–Crippen LogP) is 6.78. The number of rotatable bonds is 7. The van der Waals surface area contributed by atoms with Gasteiger partial charge in [-0.1, -0.05) is 53.5 Å². The van der Waals surface area contributed by atoms with Crippen LogP contribution in [-0.4, -0.2) is 52.9 Å². The Balaban J connectivity index is 1.08. The van der Waals surface area contributed by atoms with Gasteiger partial charge in [0.15, 0.2) is 0 Å². The van der Waals surface area contributed by atoms with Crippen LogP contribution in [0.3, 0.4) is 0 Å². The Hall–Kier alpha value is -4.11. The molecule has 1 fully saturated rings. The number of urea groups is 1. The molecule has 0 radical (unpaired) electrons. The molecule has 0 spiro atoms. The number of benzene rings is 3. The van der Waals surface area contributed by atoms with E-state index >= 15 is 0 Å². The highest BCUT2D eigenvalue weighted by Gasteiger charge is 2.21. The lowest BCUT2D eigenvalue weighted by Crippen LogP contribution is -2.49. The molecule has 3 amide bonds.